The molecular formula is C15H33N2. The smallest absolute Gasteiger partial charge is 0.0520 e. The molecule has 0 bridgehead atoms. The second-order valence-electron chi connectivity index (χ2n) is 5.15. The average molecular weight is 241 g/mol. The molecule has 0 aromatic heterocycles. The van der Waals surface area contributed by atoms with Crippen molar-refractivity contribution in [3.63, 3.8) is 0 Å². The van der Waals surface area contributed by atoms with E-state index in [-0.39, 0.29) is 6.17 Å². The van der Waals surface area contributed by atoms with E-state index in [0.29, 0.717) is 0 Å². The fourth-order valence-corrected chi connectivity index (χ4v) is 2.05. The molecule has 0 aromatic carbocycles. The van der Waals surface area contributed by atoms with Crippen LogP contribution in [0.4, 0.5) is 0 Å². The predicted octanol–water partition coefficient (Wildman–Crippen LogP) is 4.14. The lowest BCUT2D eigenvalue weighted by Gasteiger charge is -2.04. The minimum Gasteiger partial charge on any atom is -0.316 e. The summed E-state index contributed by atoms with van der Waals surface area (Å²) in [5.41, 5.74) is 11.0. The molecule has 0 rings (SSSR count). The zero-order valence-corrected chi connectivity index (χ0v) is 11.8. The number of hydrogen-bond donors (Lipinski definition) is 2. The lowest BCUT2D eigenvalue weighted by molar-refractivity contribution is 0.557. The van der Waals surface area contributed by atoms with E-state index in [0.717, 1.165) is 12.8 Å². The van der Waals surface area contributed by atoms with Crippen LogP contribution in [-0.4, -0.2) is 6.17 Å². The quantitative estimate of drug-likeness (QED) is 0.376. The fraction of sp³-hybridized carbons (Fsp3) is 0.933. The molecule has 17 heavy (non-hydrogen) atoms. The molecule has 0 saturated heterocycles. The van der Waals surface area contributed by atoms with Crippen LogP contribution in [0.5, 0.6) is 0 Å². The van der Waals surface area contributed by atoms with Crippen LogP contribution in [0, 0.1) is 6.42 Å². The van der Waals surface area contributed by atoms with Gasteiger partial charge in [0.2, 0.25) is 0 Å². The Morgan fingerprint density at radius 3 is 1.82 bits per heavy atom. The summed E-state index contributed by atoms with van der Waals surface area (Å²) in [4.78, 5) is 0. The zero-order chi connectivity index (χ0) is 12.8. The van der Waals surface area contributed by atoms with E-state index in [1.807, 2.05) is 0 Å². The van der Waals surface area contributed by atoms with Crippen LogP contribution < -0.4 is 11.5 Å². The second-order valence-corrected chi connectivity index (χ2v) is 5.15. The third-order valence-corrected chi connectivity index (χ3v) is 3.22. The Bertz CT molecular complexity index is 135. The van der Waals surface area contributed by atoms with Crippen LogP contribution in [0.1, 0.15) is 84.0 Å². The van der Waals surface area contributed by atoms with Gasteiger partial charge in [0.05, 0.1) is 6.17 Å². The summed E-state index contributed by atoms with van der Waals surface area (Å²) in [6.07, 6.45) is 18.1. The van der Waals surface area contributed by atoms with E-state index in [1.165, 1.54) is 64.2 Å². The topological polar surface area (TPSA) is 52.0 Å². The van der Waals surface area contributed by atoms with Crippen LogP contribution in [0.2, 0.25) is 0 Å². The summed E-state index contributed by atoms with van der Waals surface area (Å²) >= 11 is 0. The van der Waals surface area contributed by atoms with Gasteiger partial charge in [-0.25, -0.2) is 0 Å². The molecule has 0 heterocycles. The molecule has 103 valence electrons. The van der Waals surface area contributed by atoms with Gasteiger partial charge in [0.25, 0.3) is 0 Å². The summed E-state index contributed by atoms with van der Waals surface area (Å²) in [7, 11) is 0. The van der Waals surface area contributed by atoms with Gasteiger partial charge < -0.3 is 11.5 Å². The molecule has 0 aliphatic carbocycles. The van der Waals surface area contributed by atoms with Gasteiger partial charge in [-0.1, -0.05) is 71.1 Å². The Hall–Kier alpha value is -0.0800. The van der Waals surface area contributed by atoms with E-state index >= 15 is 0 Å². The Morgan fingerprint density at radius 1 is 0.765 bits per heavy atom. The first kappa shape index (κ1) is 16.9. The molecular weight excluding hydrogens is 208 g/mol. The zero-order valence-electron chi connectivity index (χ0n) is 11.8. The van der Waals surface area contributed by atoms with Crippen molar-refractivity contribution >= 4 is 0 Å². The third kappa shape index (κ3) is 15.9. The molecule has 2 heteroatoms. The van der Waals surface area contributed by atoms with Crippen LogP contribution in [0.25, 0.3) is 0 Å². The number of hydrogen-bond acceptors (Lipinski definition) is 2. The minimum absolute atomic E-state index is 0.130. The second kappa shape index (κ2) is 14.0. The number of rotatable bonds is 13. The molecule has 0 saturated carbocycles. The highest BCUT2D eigenvalue weighted by Crippen LogP contribution is 2.11. The largest absolute Gasteiger partial charge is 0.316 e. The van der Waals surface area contributed by atoms with E-state index in [9.17, 15) is 0 Å². The van der Waals surface area contributed by atoms with Gasteiger partial charge in [-0.3, -0.25) is 0 Å². The van der Waals surface area contributed by atoms with Crippen LogP contribution in [-0.2, 0) is 0 Å². The fourth-order valence-electron chi connectivity index (χ4n) is 2.05. The SMILES string of the molecule is CCCCCCCCCCC[CH]CCC(N)N. The van der Waals surface area contributed by atoms with Crippen molar-refractivity contribution < 1.29 is 0 Å². The van der Waals surface area contributed by atoms with Crippen molar-refractivity contribution in [2.75, 3.05) is 0 Å². The number of nitrogens with two attached hydrogens (primary N) is 2. The minimum atomic E-state index is -0.130. The summed E-state index contributed by atoms with van der Waals surface area (Å²) in [6.45, 7) is 2.27. The van der Waals surface area contributed by atoms with E-state index in [4.69, 9.17) is 11.5 Å². The molecule has 0 unspecified atom stereocenters. The van der Waals surface area contributed by atoms with Crippen molar-refractivity contribution in [3.05, 3.63) is 6.42 Å². The van der Waals surface area contributed by atoms with E-state index in [2.05, 4.69) is 13.3 Å². The first-order chi connectivity index (χ1) is 8.27. The molecule has 0 aliphatic heterocycles. The van der Waals surface area contributed by atoms with E-state index < -0.39 is 0 Å². The number of unbranched alkanes of at least 4 members (excludes halogenated alkanes) is 11. The van der Waals surface area contributed by atoms with Gasteiger partial charge in [-0.2, -0.15) is 0 Å². The monoisotopic (exact) mass is 241 g/mol. The van der Waals surface area contributed by atoms with Crippen LogP contribution >= 0.6 is 0 Å². The molecule has 2 nitrogen and oxygen atoms in total. The highest BCUT2D eigenvalue weighted by atomic mass is 14.8. The van der Waals surface area contributed by atoms with Crippen molar-refractivity contribution in [3.8, 4) is 0 Å². The molecule has 1 radical (unpaired) electrons. The maximum Gasteiger partial charge on any atom is 0.0520 e. The first-order valence-electron chi connectivity index (χ1n) is 7.60. The highest BCUT2D eigenvalue weighted by Gasteiger charge is 1.95. The Labute approximate surface area is 109 Å². The van der Waals surface area contributed by atoms with Gasteiger partial charge in [-0.05, 0) is 19.3 Å². The van der Waals surface area contributed by atoms with Gasteiger partial charge in [0.15, 0.2) is 0 Å². The molecule has 0 aliphatic rings. The van der Waals surface area contributed by atoms with Crippen molar-refractivity contribution in [1.29, 1.82) is 0 Å². The van der Waals surface area contributed by atoms with Gasteiger partial charge in [-0.15, -0.1) is 0 Å². The van der Waals surface area contributed by atoms with Crippen molar-refractivity contribution in [1.82, 2.24) is 0 Å². The van der Waals surface area contributed by atoms with E-state index in [1.54, 1.807) is 0 Å². The summed E-state index contributed by atoms with van der Waals surface area (Å²) in [6, 6.07) is 0. The van der Waals surface area contributed by atoms with Crippen LogP contribution in [0.3, 0.4) is 0 Å². The normalized spacial score (nSPS) is 11.3. The molecule has 0 fully saturated rings. The average Bonchev–Trinajstić information content (AvgIpc) is 2.30. The Morgan fingerprint density at radius 2 is 1.29 bits per heavy atom. The molecule has 4 N–H and O–H groups in total. The maximum atomic E-state index is 5.48. The summed E-state index contributed by atoms with van der Waals surface area (Å²) in [5, 5.41) is 0. The molecule has 0 spiro atoms. The molecule has 0 aromatic rings. The van der Waals surface area contributed by atoms with Crippen molar-refractivity contribution in [2.24, 2.45) is 11.5 Å². The van der Waals surface area contributed by atoms with Gasteiger partial charge in [0, 0.05) is 0 Å². The summed E-state index contributed by atoms with van der Waals surface area (Å²) in [5.74, 6) is 0. The lowest BCUT2D eigenvalue weighted by atomic mass is 10.0. The predicted molar refractivity (Wildman–Crippen MR) is 77.5 cm³/mol. The molecule has 0 atom stereocenters. The summed E-state index contributed by atoms with van der Waals surface area (Å²) < 4.78 is 0. The Kier molecular flexibility index (Phi) is 13.9. The van der Waals surface area contributed by atoms with Crippen molar-refractivity contribution in [2.45, 2.75) is 90.1 Å². The van der Waals surface area contributed by atoms with Crippen LogP contribution in [0.15, 0.2) is 0 Å². The maximum absolute atomic E-state index is 5.48. The Balaban J connectivity index is 2.89. The molecule has 0 amide bonds. The highest BCUT2D eigenvalue weighted by molar-refractivity contribution is 4.67. The van der Waals surface area contributed by atoms with Gasteiger partial charge in [0.1, 0.15) is 0 Å². The third-order valence-electron chi connectivity index (χ3n) is 3.22. The van der Waals surface area contributed by atoms with Gasteiger partial charge >= 0.3 is 0 Å². The lowest BCUT2D eigenvalue weighted by Crippen LogP contribution is -2.29. The standard InChI is InChI=1S/C15H33N2/c1-2-3-4-5-6-7-8-9-10-11-12-13-14-15(16)17/h12,15H,2-11,13-14,16-17H2,1H3. The first-order valence-corrected chi connectivity index (χ1v) is 7.60.